The fourth-order valence-electron chi connectivity index (χ4n) is 1.65. The maximum atomic E-state index is 12.7. The molecule has 0 unspecified atom stereocenters. The second kappa shape index (κ2) is 5.39. The van der Waals surface area contributed by atoms with Gasteiger partial charge in [-0.2, -0.15) is 26.3 Å². The Hall–Kier alpha value is -2.45. The summed E-state index contributed by atoms with van der Waals surface area (Å²) in [5.74, 6) is 0.0710. The Morgan fingerprint density at radius 1 is 0.864 bits per heavy atom. The van der Waals surface area contributed by atoms with Gasteiger partial charge in [0, 0.05) is 5.69 Å². The number of benzene rings is 1. The minimum Gasteiger partial charge on any atom is -0.397 e. The molecule has 0 saturated heterocycles. The minimum absolute atomic E-state index is 0.0571. The van der Waals surface area contributed by atoms with Gasteiger partial charge in [-0.25, -0.2) is 4.98 Å². The van der Waals surface area contributed by atoms with Crippen molar-refractivity contribution >= 4 is 17.2 Å². The first-order valence-electron chi connectivity index (χ1n) is 5.84. The number of halogens is 6. The lowest BCUT2D eigenvalue weighted by Gasteiger charge is -2.15. The molecule has 0 aliphatic carbocycles. The Morgan fingerprint density at radius 2 is 1.41 bits per heavy atom. The Morgan fingerprint density at radius 3 is 1.82 bits per heavy atom. The smallest absolute Gasteiger partial charge is 0.397 e. The number of aromatic nitrogens is 1. The van der Waals surface area contributed by atoms with Gasteiger partial charge in [-0.05, 0) is 30.3 Å². The van der Waals surface area contributed by atoms with E-state index in [1.54, 1.807) is 0 Å². The van der Waals surface area contributed by atoms with Crippen LogP contribution >= 0.6 is 0 Å². The van der Waals surface area contributed by atoms with E-state index in [4.69, 9.17) is 5.73 Å². The zero-order valence-corrected chi connectivity index (χ0v) is 10.8. The summed E-state index contributed by atoms with van der Waals surface area (Å²) in [4.78, 5) is 3.76. The van der Waals surface area contributed by atoms with Crippen LogP contribution in [0.1, 0.15) is 11.1 Å². The van der Waals surface area contributed by atoms with E-state index in [9.17, 15) is 26.3 Å². The third-order valence-electron chi connectivity index (χ3n) is 2.65. The first-order valence-corrected chi connectivity index (χ1v) is 5.84. The number of anilines is 3. The van der Waals surface area contributed by atoms with Crippen molar-refractivity contribution in [2.75, 3.05) is 11.1 Å². The average molecular weight is 321 g/mol. The van der Waals surface area contributed by atoms with Crippen molar-refractivity contribution in [2.45, 2.75) is 12.4 Å². The lowest BCUT2D eigenvalue weighted by Crippen LogP contribution is -2.11. The highest BCUT2D eigenvalue weighted by Gasteiger charge is 2.36. The van der Waals surface area contributed by atoms with E-state index in [1.165, 1.54) is 18.3 Å². The summed E-state index contributed by atoms with van der Waals surface area (Å²) in [5, 5.41) is 2.39. The van der Waals surface area contributed by atoms with Gasteiger partial charge in [-0.3, -0.25) is 0 Å². The molecule has 2 aromatic rings. The van der Waals surface area contributed by atoms with Crippen LogP contribution < -0.4 is 11.1 Å². The molecule has 0 aliphatic rings. The molecule has 9 heteroatoms. The van der Waals surface area contributed by atoms with Gasteiger partial charge in [0.05, 0.1) is 23.0 Å². The Balaban J connectivity index is 2.44. The number of hydrogen-bond donors (Lipinski definition) is 2. The molecule has 118 valence electrons. The number of hydrogen-bond acceptors (Lipinski definition) is 3. The Kier molecular flexibility index (Phi) is 3.90. The summed E-state index contributed by atoms with van der Waals surface area (Å²) in [7, 11) is 0. The zero-order chi connectivity index (χ0) is 16.5. The van der Waals surface area contributed by atoms with Crippen molar-refractivity contribution in [1.82, 2.24) is 4.98 Å². The first kappa shape index (κ1) is 15.9. The van der Waals surface area contributed by atoms with Gasteiger partial charge in [0.1, 0.15) is 5.82 Å². The molecule has 1 aromatic carbocycles. The fraction of sp³-hybridized carbons (Fsp3) is 0.154. The van der Waals surface area contributed by atoms with Crippen LogP contribution in [0.25, 0.3) is 0 Å². The summed E-state index contributed by atoms with van der Waals surface area (Å²) in [6.07, 6.45) is -8.57. The molecule has 1 heterocycles. The van der Waals surface area contributed by atoms with E-state index >= 15 is 0 Å². The lowest BCUT2D eigenvalue weighted by atomic mass is 10.1. The topological polar surface area (TPSA) is 50.9 Å². The van der Waals surface area contributed by atoms with Crippen molar-refractivity contribution in [1.29, 1.82) is 0 Å². The summed E-state index contributed by atoms with van der Waals surface area (Å²) in [6, 6.07) is 3.96. The first-order chi connectivity index (χ1) is 10.1. The third kappa shape index (κ3) is 3.80. The average Bonchev–Trinajstić information content (AvgIpc) is 2.39. The lowest BCUT2D eigenvalue weighted by molar-refractivity contribution is -0.143. The quantitative estimate of drug-likeness (QED) is 0.804. The predicted molar refractivity (Wildman–Crippen MR) is 68.4 cm³/mol. The van der Waals surface area contributed by atoms with Crippen LogP contribution in [0.3, 0.4) is 0 Å². The zero-order valence-electron chi connectivity index (χ0n) is 10.8. The number of alkyl halides is 6. The SMILES string of the molecule is Nc1ccc(Nc2cc(C(F)(F)F)cc(C(F)(F)F)c2)nc1. The molecular formula is C13H9F6N3. The normalized spacial score (nSPS) is 12.3. The van der Waals surface area contributed by atoms with E-state index in [0.29, 0.717) is 17.8 Å². The standard InChI is InChI=1S/C13H9F6N3/c14-12(15,16)7-3-8(13(17,18)19)5-10(4-7)22-11-2-1-9(20)6-21-11/h1-6H,20H2,(H,21,22). The van der Waals surface area contributed by atoms with E-state index < -0.39 is 23.5 Å². The number of pyridine rings is 1. The molecule has 2 rings (SSSR count). The van der Waals surface area contributed by atoms with Crippen LogP contribution in [0.2, 0.25) is 0 Å². The van der Waals surface area contributed by atoms with Gasteiger partial charge in [-0.1, -0.05) is 0 Å². The molecule has 22 heavy (non-hydrogen) atoms. The van der Waals surface area contributed by atoms with Crippen molar-refractivity contribution < 1.29 is 26.3 Å². The Bertz CT molecular complexity index is 629. The molecule has 1 aromatic heterocycles. The number of nitrogens with two attached hydrogens (primary N) is 1. The molecule has 0 bridgehead atoms. The number of nitrogens with one attached hydrogen (secondary N) is 1. The number of nitrogen functional groups attached to an aromatic ring is 1. The van der Waals surface area contributed by atoms with Gasteiger partial charge in [0.2, 0.25) is 0 Å². The van der Waals surface area contributed by atoms with Gasteiger partial charge in [0.25, 0.3) is 0 Å². The third-order valence-corrected chi connectivity index (χ3v) is 2.65. The van der Waals surface area contributed by atoms with Gasteiger partial charge in [0.15, 0.2) is 0 Å². The highest BCUT2D eigenvalue weighted by molar-refractivity contribution is 5.60. The van der Waals surface area contributed by atoms with Crippen LogP contribution in [0.4, 0.5) is 43.5 Å². The molecule has 0 atom stereocenters. The molecule has 0 aliphatic heterocycles. The monoisotopic (exact) mass is 321 g/mol. The maximum absolute atomic E-state index is 12.7. The van der Waals surface area contributed by atoms with E-state index in [-0.39, 0.29) is 17.6 Å². The maximum Gasteiger partial charge on any atom is 0.416 e. The summed E-state index contributed by atoms with van der Waals surface area (Å²) < 4.78 is 76.2. The molecule has 0 amide bonds. The van der Waals surface area contributed by atoms with Crippen molar-refractivity contribution in [3.63, 3.8) is 0 Å². The molecule has 0 radical (unpaired) electrons. The second-order valence-corrected chi connectivity index (χ2v) is 4.40. The summed E-state index contributed by atoms with van der Waals surface area (Å²) in [5.41, 5.74) is 2.52. The number of nitrogens with zero attached hydrogens (tertiary/aromatic N) is 1. The second-order valence-electron chi connectivity index (χ2n) is 4.40. The highest BCUT2D eigenvalue weighted by atomic mass is 19.4. The molecule has 3 nitrogen and oxygen atoms in total. The summed E-state index contributed by atoms with van der Waals surface area (Å²) in [6.45, 7) is 0. The molecule has 3 N–H and O–H groups in total. The van der Waals surface area contributed by atoms with Crippen LogP contribution in [-0.4, -0.2) is 4.98 Å². The van der Waals surface area contributed by atoms with Gasteiger partial charge in [-0.15, -0.1) is 0 Å². The number of rotatable bonds is 2. The largest absolute Gasteiger partial charge is 0.416 e. The van der Waals surface area contributed by atoms with E-state index in [1.807, 2.05) is 0 Å². The van der Waals surface area contributed by atoms with Crippen LogP contribution in [-0.2, 0) is 12.4 Å². The fourth-order valence-corrected chi connectivity index (χ4v) is 1.65. The highest BCUT2D eigenvalue weighted by Crippen LogP contribution is 2.37. The van der Waals surface area contributed by atoms with Gasteiger partial charge >= 0.3 is 12.4 Å². The van der Waals surface area contributed by atoms with Crippen molar-refractivity contribution in [2.24, 2.45) is 0 Å². The minimum atomic E-state index is -4.90. The molecule has 0 fully saturated rings. The molecule has 0 saturated carbocycles. The van der Waals surface area contributed by atoms with Crippen molar-refractivity contribution in [3.8, 4) is 0 Å². The van der Waals surface area contributed by atoms with E-state index in [0.717, 1.165) is 0 Å². The van der Waals surface area contributed by atoms with Crippen molar-refractivity contribution in [3.05, 3.63) is 47.7 Å². The Labute approximate surface area is 120 Å². The molecular weight excluding hydrogens is 312 g/mol. The molecule has 0 spiro atoms. The van der Waals surface area contributed by atoms with Gasteiger partial charge < -0.3 is 11.1 Å². The predicted octanol–water partition coefficient (Wildman–Crippen LogP) is 4.45. The summed E-state index contributed by atoms with van der Waals surface area (Å²) >= 11 is 0. The van der Waals surface area contributed by atoms with E-state index in [2.05, 4.69) is 10.3 Å². The van der Waals surface area contributed by atoms with Crippen LogP contribution in [0.15, 0.2) is 36.5 Å². The van der Waals surface area contributed by atoms with Crippen LogP contribution in [0, 0.1) is 0 Å². The van der Waals surface area contributed by atoms with Crippen LogP contribution in [0.5, 0.6) is 0 Å².